The lowest BCUT2D eigenvalue weighted by Crippen LogP contribution is -2.49. The molecule has 0 aromatic heterocycles. The van der Waals surface area contributed by atoms with Crippen LogP contribution in [0.5, 0.6) is 0 Å². The van der Waals surface area contributed by atoms with E-state index in [2.05, 4.69) is 41.0 Å². The summed E-state index contributed by atoms with van der Waals surface area (Å²) in [6, 6.07) is 8.89. The van der Waals surface area contributed by atoms with Crippen LogP contribution in [0.4, 0.5) is 10.5 Å². The quantitative estimate of drug-likeness (QED) is 0.705. The summed E-state index contributed by atoms with van der Waals surface area (Å²) in [5, 5.41) is 0.198. The number of rotatable bonds is 4. The molecule has 6 heteroatoms. The summed E-state index contributed by atoms with van der Waals surface area (Å²) in [6.45, 7) is 6.32. The van der Waals surface area contributed by atoms with E-state index in [4.69, 9.17) is 0 Å². The van der Waals surface area contributed by atoms with E-state index >= 15 is 0 Å². The maximum Gasteiger partial charge on any atom is 0.281 e. The van der Waals surface area contributed by atoms with Gasteiger partial charge in [-0.05, 0) is 50.2 Å². The summed E-state index contributed by atoms with van der Waals surface area (Å²) in [5.41, 5.74) is 2.55. The molecule has 30 heavy (non-hydrogen) atoms. The van der Waals surface area contributed by atoms with Crippen LogP contribution in [-0.2, 0) is 4.79 Å². The van der Waals surface area contributed by atoms with Crippen molar-refractivity contribution in [2.24, 2.45) is 5.92 Å². The lowest BCUT2D eigenvalue weighted by atomic mass is 9.78. The monoisotopic (exact) mass is 429 g/mol. The molecule has 2 saturated heterocycles. The second kappa shape index (κ2) is 10.1. The first-order valence-corrected chi connectivity index (χ1v) is 12.6. The van der Waals surface area contributed by atoms with Crippen molar-refractivity contribution in [1.29, 1.82) is 0 Å². The van der Waals surface area contributed by atoms with Gasteiger partial charge in [-0.25, -0.2) is 0 Å². The molecule has 5 nitrogen and oxygen atoms in total. The molecular weight excluding hydrogens is 394 g/mol. The largest absolute Gasteiger partial charge is 0.368 e. The molecule has 1 saturated carbocycles. The van der Waals surface area contributed by atoms with E-state index in [1.54, 1.807) is 0 Å². The smallest absolute Gasteiger partial charge is 0.281 e. The van der Waals surface area contributed by atoms with Crippen LogP contribution in [0.25, 0.3) is 0 Å². The van der Waals surface area contributed by atoms with Gasteiger partial charge in [0.1, 0.15) is 0 Å². The Morgan fingerprint density at radius 2 is 1.70 bits per heavy atom. The van der Waals surface area contributed by atoms with Crippen molar-refractivity contribution in [2.45, 2.75) is 57.9 Å². The second-order valence-corrected chi connectivity index (χ2v) is 10.0. The minimum atomic E-state index is 0.189. The van der Waals surface area contributed by atoms with Crippen LogP contribution in [0, 0.1) is 12.8 Å². The molecule has 2 heterocycles. The van der Waals surface area contributed by atoms with Gasteiger partial charge in [-0.3, -0.25) is 9.59 Å². The molecule has 1 aromatic carbocycles. The predicted molar refractivity (Wildman–Crippen MR) is 124 cm³/mol. The number of aryl methyl sites for hydroxylation is 1. The fourth-order valence-corrected chi connectivity index (χ4v) is 6.28. The van der Waals surface area contributed by atoms with Crippen LogP contribution in [0.15, 0.2) is 24.3 Å². The fraction of sp³-hybridized carbons (Fsp3) is 0.667. The average Bonchev–Trinajstić information content (AvgIpc) is 2.79. The highest BCUT2D eigenvalue weighted by Crippen LogP contribution is 2.36. The number of fused-ring (bicyclic) bond motifs is 1. The summed E-state index contributed by atoms with van der Waals surface area (Å²) >= 11 is 1.36. The fourth-order valence-electron chi connectivity index (χ4n) is 5.43. The topological polar surface area (TPSA) is 43.9 Å². The molecule has 1 aliphatic carbocycles. The first kappa shape index (κ1) is 21.5. The number of benzene rings is 1. The van der Waals surface area contributed by atoms with Gasteiger partial charge >= 0.3 is 0 Å². The third-order valence-corrected chi connectivity index (χ3v) is 8.00. The van der Waals surface area contributed by atoms with Gasteiger partial charge in [0.25, 0.3) is 5.24 Å². The van der Waals surface area contributed by atoms with Gasteiger partial charge in [-0.2, -0.15) is 0 Å². The van der Waals surface area contributed by atoms with Crippen LogP contribution >= 0.6 is 11.8 Å². The van der Waals surface area contributed by atoms with Gasteiger partial charge < -0.3 is 14.7 Å². The van der Waals surface area contributed by atoms with Crippen molar-refractivity contribution in [3.05, 3.63) is 29.8 Å². The Bertz CT molecular complexity index is 746. The molecule has 2 amide bonds. The van der Waals surface area contributed by atoms with E-state index in [-0.39, 0.29) is 11.1 Å². The van der Waals surface area contributed by atoms with Crippen molar-refractivity contribution in [2.75, 3.05) is 43.4 Å². The van der Waals surface area contributed by atoms with Gasteiger partial charge in [0, 0.05) is 56.6 Å². The second-order valence-electron chi connectivity index (χ2n) is 8.97. The summed E-state index contributed by atoms with van der Waals surface area (Å²) in [7, 11) is 0. The number of piperidine rings is 1. The minimum Gasteiger partial charge on any atom is -0.368 e. The third kappa shape index (κ3) is 4.96. The van der Waals surface area contributed by atoms with Crippen LogP contribution in [0.2, 0.25) is 0 Å². The van der Waals surface area contributed by atoms with Crippen molar-refractivity contribution < 1.29 is 9.59 Å². The highest BCUT2D eigenvalue weighted by atomic mass is 32.2. The van der Waals surface area contributed by atoms with Crippen LogP contribution < -0.4 is 4.90 Å². The summed E-state index contributed by atoms with van der Waals surface area (Å²) in [6.07, 6.45) is 7.91. The van der Waals surface area contributed by atoms with Gasteiger partial charge in [0.2, 0.25) is 5.91 Å². The Morgan fingerprint density at radius 3 is 2.50 bits per heavy atom. The van der Waals surface area contributed by atoms with E-state index in [9.17, 15) is 9.59 Å². The number of hydrogen-bond donors (Lipinski definition) is 0. The lowest BCUT2D eigenvalue weighted by molar-refractivity contribution is -0.131. The molecule has 2 aliphatic heterocycles. The molecule has 4 rings (SSSR count). The van der Waals surface area contributed by atoms with Crippen molar-refractivity contribution in [3.63, 3.8) is 0 Å². The zero-order valence-corrected chi connectivity index (χ0v) is 19.0. The Hall–Kier alpha value is -1.69. The van der Waals surface area contributed by atoms with Gasteiger partial charge in [-0.15, -0.1) is 0 Å². The summed E-state index contributed by atoms with van der Waals surface area (Å²) in [4.78, 5) is 31.9. The standard InChI is InChI=1S/C24H35N3O2S/c1-19-7-2-4-10-21(19)25-14-16-26(17-15-25)23(28)12-18-30-24(29)27-13-6-9-20-8-3-5-11-22(20)27/h2,4,7,10,20,22H,3,5-6,8-9,11-18H2,1H3. The van der Waals surface area contributed by atoms with E-state index in [1.165, 1.54) is 55.1 Å². The number of amides is 2. The zero-order valence-electron chi connectivity index (χ0n) is 18.2. The third-order valence-electron chi connectivity index (χ3n) is 7.11. The molecule has 0 spiro atoms. The highest BCUT2D eigenvalue weighted by Gasteiger charge is 2.35. The van der Waals surface area contributed by atoms with E-state index in [0.717, 1.165) is 39.1 Å². The number of nitrogens with zero attached hydrogens (tertiary/aromatic N) is 3. The zero-order chi connectivity index (χ0) is 20.9. The lowest BCUT2D eigenvalue weighted by Gasteiger charge is -2.43. The van der Waals surface area contributed by atoms with Crippen LogP contribution in [0.1, 0.15) is 50.5 Å². The maximum atomic E-state index is 12.8. The number of para-hydroxylation sites is 1. The average molecular weight is 430 g/mol. The van der Waals surface area contributed by atoms with Crippen molar-refractivity contribution in [1.82, 2.24) is 9.80 Å². The Labute approximate surface area is 185 Å². The Kier molecular flexibility index (Phi) is 7.24. The first-order chi connectivity index (χ1) is 14.6. The summed E-state index contributed by atoms with van der Waals surface area (Å²) < 4.78 is 0. The number of thioether (sulfide) groups is 1. The number of likely N-dealkylation sites (tertiary alicyclic amines) is 1. The molecule has 2 atom stereocenters. The Balaban J connectivity index is 1.20. The summed E-state index contributed by atoms with van der Waals surface area (Å²) in [5.74, 6) is 1.50. The van der Waals surface area contributed by atoms with Gasteiger partial charge in [-0.1, -0.05) is 42.8 Å². The first-order valence-electron chi connectivity index (χ1n) is 11.7. The molecule has 0 N–H and O–H groups in total. The molecule has 2 unspecified atom stereocenters. The molecule has 0 bridgehead atoms. The molecule has 0 radical (unpaired) electrons. The number of piperazine rings is 1. The molecule has 3 aliphatic rings. The Morgan fingerprint density at radius 1 is 0.967 bits per heavy atom. The van der Waals surface area contributed by atoms with Crippen molar-refractivity contribution >= 4 is 28.6 Å². The van der Waals surface area contributed by atoms with E-state index < -0.39 is 0 Å². The van der Waals surface area contributed by atoms with Crippen molar-refractivity contribution in [3.8, 4) is 0 Å². The van der Waals surface area contributed by atoms with Gasteiger partial charge in [0.15, 0.2) is 0 Å². The molecule has 164 valence electrons. The number of anilines is 1. The highest BCUT2D eigenvalue weighted by molar-refractivity contribution is 8.13. The SMILES string of the molecule is Cc1ccccc1N1CCN(C(=O)CCSC(=O)N2CCCC3CCCCC32)CC1. The molecular formula is C24H35N3O2S. The van der Waals surface area contributed by atoms with Gasteiger partial charge in [0.05, 0.1) is 0 Å². The number of carbonyl (C=O) groups excluding carboxylic acids is 2. The molecule has 3 fully saturated rings. The van der Waals surface area contributed by atoms with E-state index in [1.807, 2.05) is 4.90 Å². The minimum absolute atomic E-state index is 0.189. The predicted octanol–water partition coefficient (Wildman–Crippen LogP) is 4.54. The molecule has 1 aromatic rings. The van der Waals surface area contributed by atoms with Crippen LogP contribution in [-0.4, -0.2) is 65.5 Å². The number of hydrogen-bond acceptors (Lipinski definition) is 4. The number of carbonyl (C=O) groups is 2. The maximum absolute atomic E-state index is 12.8. The van der Waals surface area contributed by atoms with Crippen LogP contribution in [0.3, 0.4) is 0 Å². The normalized spacial score (nSPS) is 24.5. The van der Waals surface area contributed by atoms with E-state index in [0.29, 0.717) is 24.1 Å².